The number of ether oxygens (including phenoxy) is 1. The van der Waals surface area contributed by atoms with E-state index in [0.29, 0.717) is 21.5 Å². The van der Waals surface area contributed by atoms with Gasteiger partial charge in [0.1, 0.15) is 5.75 Å². The Labute approximate surface area is 198 Å². The van der Waals surface area contributed by atoms with Crippen molar-refractivity contribution in [3.05, 3.63) is 66.7 Å². The molecular weight excluding hydrogens is 533 g/mol. The van der Waals surface area contributed by atoms with Crippen LogP contribution in [0.2, 0.25) is 19.6 Å². The minimum atomic E-state index is -4.95. The second-order valence-corrected chi connectivity index (χ2v) is 17.7. The van der Waals surface area contributed by atoms with Crippen LogP contribution in [-0.4, -0.2) is 22.9 Å². The highest BCUT2D eigenvalue weighted by Crippen LogP contribution is 2.46. The van der Waals surface area contributed by atoms with Crippen LogP contribution < -0.4 is 9.92 Å². The number of halogens is 4. The van der Waals surface area contributed by atoms with Crippen molar-refractivity contribution in [2.75, 3.05) is 0 Å². The fourth-order valence-corrected chi connectivity index (χ4v) is 6.62. The van der Waals surface area contributed by atoms with E-state index in [-0.39, 0.29) is 16.0 Å². The van der Waals surface area contributed by atoms with E-state index in [4.69, 9.17) is 0 Å². The van der Waals surface area contributed by atoms with Gasteiger partial charge in [0, 0.05) is 11.1 Å². The first-order valence-corrected chi connectivity index (χ1v) is 16.9. The van der Waals surface area contributed by atoms with Gasteiger partial charge in [-0.1, -0.05) is 79.4 Å². The summed E-state index contributed by atoms with van der Waals surface area (Å²) in [6, 6.07) is 18.5. The smallest absolute Gasteiger partial charge is 0.405 e. The Kier molecular flexibility index (Phi) is 5.87. The number of benzene rings is 4. The molecule has 0 atom stereocenters. The summed E-state index contributed by atoms with van der Waals surface area (Å²) in [5, 5.41) is 3.53. The maximum absolute atomic E-state index is 13.4. The third-order valence-corrected chi connectivity index (χ3v) is 9.43. The SMILES string of the molecule is C[Si](C)(C)c1ccc2c(-c3c(S(=O)(=O)Br)ccc4ccccc34)c(OC(F)(F)F)ccc2c1. The van der Waals surface area contributed by atoms with E-state index in [1.54, 1.807) is 42.5 Å². The average Bonchev–Trinajstić information content (AvgIpc) is 2.70. The van der Waals surface area contributed by atoms with Gasteiger partial charge in [0.05, 0.1) is 27.8 Å². The van der Waals surface area contributed by atoms with Gasteiger partial charge in [-0.25, -0.2) is 8.42 Å². The molecule has 0 radical (unpaired) electrons. The topological polar surface area (TPSA) is 43.4 Å². The van der Waals surface area contributed by atoms with E-state index in [1.165, 1.54) is 12.1 Å². The van der Waals surface area contributed by atoms with Crippen LogP contribution in [0.5, 0.6) is 5.75 Å². The molecule has 0 saturated heterocycles. The zero-order valence-corrected chi connectivity index (χ0v) is 21.4. The van der Waals surface area contributed by atoms with Crippen LogP contribution in [0.4, 0.5) is 13.2 Å². The molecule has 0 bridgehead atoms. The maximum Gasteiger partial charge on any atom is 0.573 e. The highest BCUT2D eigenvalue weighted by molar-refractivity contribution is 9.47. The van der Waals surface area contributed by atoms with Crippen molar-refractivity contribution >= 4 is 57.9 Å². The minimum Gasteiger partial charge on any atom is -0.405 e. The molecule has 9 heteroatoms. The van der Waals surface area contributed by atoms with E-state index >= 15 is 0 Å². The van der Waals surface area contributed by atoms with Crippen molar-refractivity contribution < 1.29 is 26.3 Å². The molecule has 0 unspecified atom stereocenters. The summed E-state index contributed by atoms with van der Waals surface area (Å²) in [5.41, 5.74) is 0.248. The fourth-order valence-electron chi connectivity index (χ4n) is 3.96. The third-order valence-electron chi connectivity index (χ3n) is 5.48. The second-order valence-electron chi connectivity index (χ2n) is 8.77. The van der Waals surface area contributed by atoms with Crippen LogP contribution in [0.1, 0.15) is 0 Å². The quantitative estimate of drug-likeness (QED) is 0.199. The standard InChI is InChI=1S/C24H20BrF3O3SSi/c1-33(2,3)17-10-11-19-16(14-17)8-12-20(31-24(26,27)28)22(19)23-18-7-5-4-6-15(18)9-13-21(23)32(25,29)30/h4-14H,1-3H3. The fraction of sp³-hybridized carbons (Fsp3) is 0.167. The lowest BCUT2D eigenvalue weighted by atomic mass is 9.93. The lowest BCUT2D eigenvalue weighted by Crippen LogP contribution is -2.37. The average molecular weight is 553 g/mol. The van der Waals surface area contributed by atoms with Gasteiger partial charge in [0.2, 0.25) is 8.27 Å². The molecule has 0 amide bonds. The zero-order valence-electron chi connectivity index (χ0n) is 18.0. The monoisotopic (exact) mass is 552 g/mol. The molecule has 0 aliphatic heterocycles. The van der Waals surface area contributed by atoms with Crippen LogP contribution >= 0.6 is 14.8 Å². The van der Waals surface area contributed by atoms with Crippen molar-refractivity contribution in [2.24, 2.45) is 0 Å². The maximum atomic E-state index is 13.4. The minimum absolute atomic E-state index is 0.0850. The van der Waals surface area contributed by atoms with Gasteiger partial charge in [-0.15, -0.1) is 13.2 Å². The molecule has 172 valence electrons. The molecule has 33 heavy (non-hydrogen) atoms. The van der Waals surface area contributed by atoms with E-state index < -0.39 is 28.5 Å². The van der Waals surface area contributed by atoms with E-state index in [0.717, 1.165) is 5.19 Å². The highest BCUT2D eigenvalue weighted by Gasteiger charge is 2.34. The van der Waals surface area contributed by atoms with Crippen molar-refractivity contribution in [3.8, 4) is 16.9 Å². The summed E-state index contributed by atoms with van der Waals surface area (Å²) in [7, 11) is -5.65. The van der Waals surface area contributed by atoms with E-state index in [2.05, 4.69) is 39.2 Å². The summed E-state index contributed by atoms with van der Waals surface area (Å²) >= 11 is 2.72. The zero-order chi connectivity index (χ0) is 24.2. The summed E-state index contributed by atoms with van der Waals surface area (Å²) in [5.74, 6) is -0.454. The number of fused-ring (bicyclic) bond motifs is 2. The molecule has 0 aliphatic carbocycles. The van der Waals surface area contributed by atoms with Gasteiger partial charge >= 0.3 is 6.36 Å². The first-order chi connectivity index (χ1) is 15.3. The first-order valence-electron chi connectivity index (χ1n) is 10.1. The predicted molar refractivity (Wildman–Crippen MR) is 133 cm³/mol. The third kappa shape index (κ3) is 4.81. The Hall–Kier alpha value is -2.36. The molecule has 0 aliphatic rings. The summed E-state index contributed by atoms with van der Waals surface area (Å²) < 4.78 is 69.8. The Bertz CT molecular complexity index is 1490. The Balaban J connectivity index is 2.20. The van der Waals surface area contributed by atoms with Gasteiger partial charge < -0.3 is 4.74 Å². The van der Waals surface area contributed by atoms with Gasteiger partial charge in [-0.2, -0.15) is 0 Å². The lowest BCUT2D eigenvalue weighted by Gasteiger charge is -2.21. The number of rotatable bonds is 4. The van der Waals surface area contributed by atoms with Crippen LogP contribution in [0.15, 0.2) is 71.6 Å². The van der Waals surface area contributed by atoms with Gasteiger partial charge in [0.15, 0.2) is 0 Å². The second kappa shape index (κ2) is 8.14. The molecule has 0 fully saturated rings. The number of hydrogen-bond donors (Lipinski definition) is 0. The predicted octanol–water partition coefficient (Wildman–Crippen LogP) is 7.19. The Morgan fingerprint density at radius 2 is 1.45 bits per heavy atom. The number of alkyl halides is 3. The molecule has 0 aromatic heterocycles. The summed E-state index contributed by atoms with van der Waals surface area (Å²) in [6.07, 6.45) is -4.95. The molecule has 3 nitrogen and oxygen atoms in total. The van der Waals surface area contributed by atoms with Crippen LogP contribution in [0.25, 0.3) is 32.7 Å². The molecular formula is C24H20BrF3O3SSi. The van der Waals surface area contributed by atoms with Crippen molar-refractivity contribution in [2.45, 2.75) is 30.9 Å². The highest BCUT2D eigenvalue weighted by atomic mass is 79.9. The van der Waals surface area contributed by atoms with Crippen LogP contribution in [0, 0.1) is 0 Å². The largest absolute Gasteiger partial charge is 0.573 e. The summed E-state index contributed by atoms with van der Waals surface area (Å²) in [4.78, 5) is -0.130. The Morgan fingerprint density at radius 1 is 0.818 bits per heavy atom. The molecule has 0 spiro atoms. The molecule has 4 aromatic rings. The first kappa shape index (κ1) is 23.8. The Morgan fingerprint density at radius 3 is 2.09 bits per heavy atom. The van der Waals surface area contributed by atoms with Gasteiger partial charge in [0.25, 0.3) is 0 Å². The molecule has 4 aromatic carbocycles. The molecule has 0 N–H and O–H groups in total. The summed E-state index contributed by atoms with van der Waals surface area (Å²) in [6.45, 7) is 6.53. The van der Waals surface area contributed by atoms with Gasteiger partial charge in [-0.05, 0) is 33.7 Å². The molecule has 0 saturated carbocycles. The van der Waals surface area contributed by atoms with Crippen LogP contribution in [0.3, 0.4) is 0 Å². The van der Waals surface area contributed by atoms with Gasteiger partial charge in [-0.3, -0.25) is 0 Å². The normalized spacial score (nSPS) is 12.9. The van der Waals surface area contributed by atoms with E-state index in [9.17, 15) is 21.6 Å². The van der Waals surface area contributed by atoms with E-state index in [1.807, 2.05) is 12.1 Å². The number of hydrogen-bond acceptors (Lipinski definition) is 3. The lowest BCUT2D eigenvalue weighted by molar-refractivity contribution is -0.274. The molecule has 4 rings (SSSR count). The van der Waals surface area contributed by atoms with Crippen molar-refractivity contribution in [1.29, 1.82) is 0 Å². The van der Waals surface area contributed by atoms with Crippen molar-refractivity contribution in [1.82, 2.24) is 0 Å². The van der Waals surface area contributed by atoms with Crippen molar-refractivity contribution in [3.63, 3.8) is 0 Å². The molecule has 0 heterocycles. The van der Waals surface area contributed by atoms with Crippen LogP contribution in [-0.2, 0) is 8.27 Å².